The fourth-order valence-corrected chi connectivity index (χ4v) is 1.67. The van der Waals surface area contributed by atoms with Crippen molar-refractivity contribution in [1.82, 2.24) is 10.6 Å². The minimum Gasteiger partial charge on any atom is -0.396 e. The Kier molecular flexibility index (Phi) is 8.17. The van der Waals surface area contributed by atoms with Gasteiger partial charge in [-0.25, -0.2) is 0 Å². The van der Waals surface area contributed by atoms with Gasteiger partial charge in [-0.05, 0) is 32.1 Å². The molecule has 0 aliphatic heterocycles. The van der Waals surface area contributed by atoms with Crippen LogP contribution in [0.15, 0.2) is 0 Å². The summed E-state index contributed by atoms with van der Waals surface area (Å²) in [6.07, 6.45) is 2.35. The summed E-state index contributed by atoms with van der Waals surface area (Å²) in [6, 6.07) is 0.212. The number of hydrogen-bond donors (Lipinski definition) is 3. The third kappa shape index (κ3) is 10.3. The van der Waals surface area contributed by atoms with E-state index in [1.807, 2.05) is 13.8 Å². The molecule has 0 aliphatic carbocycles. The molecule has 0 heterocycles. The summed E-state index contributed by atoms with van der Waals surface area (Å²) >= 11 is 0. The van der Waals surface area contributed by atoms with Gasteiger partial charge in [-0.1, -0.05) is 13.8 Å². The summed E-state index contributed by atoms with van der Waals surface area (Å²) in [4.78, 5) is 11.4. The zero-order chi connectivity index (χ0) is 13.3. The van der Waals surface area contributed by atoms with E-state index in [0.717, 1.165) is 19.4 Å². The smallest absolute Gasteiger partial charge is 0.221 e. The van der Waals surface area contributed by atoms with Gasteiger partial charge in [-0.15, -0.1) is 0 Å². The summed E-state index contributed by atoms with van der Waals surface area (Å²) in [5.74, 6) is 0.0978. The highest BCUT2D eigenvalue weighted by molar-refractivity contribution is 5.76. The second-order valence-corrected chi connectivity index (χ2v) is 5.64. The van der Waals surface area contributed by atoms with E-state index < -0.39 is 0 Å². The summed E-state index contributed by atoms with van der Waals surface area (Å²) in [7, 11) is 0. The van der Waals surface area contributed by atoms with Crippen LogP contribution < -0.4 is 10.6 Å². The van der Waals surface area contributed by atoms with E-state index in [1.165, 1.54) is 0 Å². The van der Waals surface area contributed by atoms with E-state index >= 15 is 0 Å². The molecule has 0 aromatic rings. The minimum atomic E-state index is 0.0978. The van der Waals surface area contributed by atoms with Gasteiger partial charge in [0.2, 0.25) is 5.91 Å². The maximum absolute atomic E-state index is 11.4. The van der Waals surface area contributed by atoms with Crippen LogP contribution in [0, 0.1) is 5.41 Å². The molecule has 0 bridgehead atoms. The van der Waals surface area contributed by atoms with E-state index in [2.05, 4.69) is 24.5 Å². The predicted octanol–water partition coefficient (Wildman–Crippen LogP) is 1.29. The van der Waals surface area contributed by atoms with E-state index in [1.54, 1.807) is 0 Å². The zero-order valence-corrected chi connectivity index (χ0v) is 11.7. The van der Waals surface area contributed by atoms with Crippen molar-refractivity contribution in [1.29, 1.82) is 0 Å². The predicted molar refractivity (Wildman–Crippen MR) is 70.9 cm³/mol. The third-order valence-corrected chi connectivity index (χ3v) is 2.59. The van der Waals surface area contributed by atoms with Crippen LogP contribution in [0.2, 0.25) is 0 Å². The number of hydrogen-bond acceptors (Lipinski definition) is 3. The maximum atomic E-state index is 11.4. The van der Waals surface area contributed by atoms with Crippen molar-refractivity contribution in [3.8, 4) is 0 Å². The molecule has 0 fully saturated rings. The van der Waals surface area contributed by atoms with Gasteiger partial charge in [0.1, 0.15) is 0 Å². The Balaban J connectivity index is 3.59. The lowest BCUT2D eigenvalue weighted by atomic mass is 9.88. The van der Waals surface area contributed by atoms with Crippen LogP contribution in [-0.2, 0) is 4.79 Å². The standard InChI is InChI=1S/C13H28N2O2/c1-11(2)15-12(17)6-8-14-10-13(3,4)7-5-9-16/h11,14,16H,5-10H2,1-4H3,(H,15,17). The van der Waals surface area contributed by atoms with Gasteiger partial charge in [-0.2, -0.15) is 0 Å². The van der Waals surface area contributed by atoms with Crippen molar-refractivity contribution in [2.24, 2.45) is 5.41 Å². The van der Waals surface area contributed by atoms with Crippen molar-refractivity contribution in [2.75, 3.05) is 19.7 Å². The lowest BCUT2D eigenvalue weighted by Gasteiger charge is -2.24. The molecule has 4 nitrogen and oxygen atoms in total. The van der Waals surface area contributed by atoms with E-state index in [0.29, 0.717) is 13.0 Å². The fourth-order valence-electron chi connectivity index (χ4n) is 1.67. The average Bonchev–Trinajstić information content (AvgIpc) is 2.21. The lowest BCUT2D eigenvalue weighted by molar-refractivity contribution is -0.121. The van der Waals surface area contributed by atoms with Gasteiger partial charge in [0.05, 0.1) is 0 Å². The topological polar surface area (TPSA) is 61.4 Å². The molecule has 0 unspecified atom stereocenters. The molecule has 0 rings (SSSR count). The second kappa shape index (κ2) is 8.48. The number of aliphatic hydroxyl groups is 1. The summed E-state index contributed by atoms with van der Waals surface area (Å²) in [5, 5.41) is 14.9. The van der Waals surface area contributed by atoms with Crippen LogP contribution in [-0.4, -0.2) is 36.8 Å². The van der Waals surface area contributed by atoms with Crippen LogP contribution in [0.5, 0.6) is 0 Å². The third-order valence-electron chi connectivity index (χ3n) is 2.59. The first-order valence-corrected chi connectivity index (χ1v) is 6.48. The highest BCUT2D eigenvalue weighted by Crippen LogP contribution is 2.20. The highest BCUT2D eigenvalue weighted by atomic mass is 16.2. The lowest BCUT2D eigenvalue weighted by Crippen LogP contribution is -2.35. The molecule has 0 spiro atoms. The van der Waals surface area contributed by atoms with Gasteiger partial charge >= 0.3 is 0 Å². The Hall–Kier alpha value is -0.610. The van der Waals surface area contributed by atoms with Gasteiger partial charge in [0, 0.05) is 32.2 Å². The minimum absolute atomic E-state index is 0.0978. The molecular formula is C13H28N2O2. The molecule has 0 saturated carbocycles. The second-order valence-electron chi connectivity index (χ2n) is 5.64. The number of carbonyl (C=O) groups is 1. The Morgan fingerprint density at radius 1 is 1.35 bits per heavy atom. The zero-order valence-electron chi connectivity index (χ0n) is 11.7. The molecule has 4 heteroatoms. The average molecular weight is 244 g/mol. The summed E-state index contributed by atoms with van der Waals surface area (Å²) in [5.41, 5.74) is 0.178. The Morgan fingerprint density at radius 3 is 2.53 bits per heavy atom. The summed E-state index contributed by atoms with van der Waals surface area (Å²) in [6.45, 7) is 10.1. The molecule has 0 saturated heterocycles. The van der Waals surface area contributed by atoms with Crippen LogP contribution in [0.1, 0.15) is 47.0 Å². The normalized spacial score (nSPS) is 11.9. The Labute approximate surface area is 105 Å². The quantitative estimate of drug-likeness (QED) is 0.536. The molecule has 0 aromatic carbocycles. The van der Waals surface area contributed by atoms with Gasteiger partial charge in [-0.3, -0.25) is 4.79 Å². The molecule has 1 amide bonds. The molecule has 0 aromatic heterocycles. The van der Waals surface area contributed by atoms with Crippen LogP contribution in [0.4, 0.5) is 0 Å². The van der Waals surface area contributed by atoms with Gasteiger partial charge < -0.3 is 15.7 Å². The molecule has 102 valence electrons. The number of rotatable bonds is 9. The van der Waals surface area contributed by atoms with Crippen molar-refractivity contribution in [3.05, 3.63) is 0 Å². The Bertz CT molecular complexity index is 215. The fraction of sp³-hybridized carbons (Fsp3) is 0.923. The maximum Gasteiger partial charge on any atom is 0.221 e. The molecule has 17 heavy (non-hydrogen) atoms. The Morgan fingerprint density at radius 2 is 2.00 bits per heavy atom. The van der Waals surface area contributed by atoms with Crippen molar-refractivity contribution < 1.29 is 9.90 Å². The molecule has 0 radical (unpaired) electrons. The van der Waals surface area contributed by atoms with Crippen molar-refractivity contribution >= 4 is 5.91 Å². The first kappa shape index (κ1) is 16.4. The summed E-state index contributed by atoms with van der Waals surface area (Å²) < 4.78 is 0. The highest BCUT2D eigenvalue weighted by Gasteiger charge is 2.16. The number of carbonyl (C=O) groups excluding carboxylic acids is 1. The van der Waals surface area contributed by atoms with Crippen LogP contribution in [0.3, 0.4) is 0 Å². The molecule has 3 N–H and O–H groups in total. The molecular weight excluding hydrogens is 216 g/mol. The van der Waals surface area contributed by atoms with Gasteiger partial charge in [0.25, 0.3) is 0 Å². The first-order valence-electron chi connectivity index (χ1n) is 6.48. The first-order chi connectivity index (χ1) is 7.87. The van der Waals surface area contributed by atoms with E-state index in [-0.39, 0.29) is 24.0 Å². The van der Waals surface area contributed by atoms with Crippen molar-refractivity contribution in [3.63, 3.8) is 0 Å². The molecule has 0 atom stereocenters. The van der Waals surface area contributed by atoms with Crippen molar-refractivity contribution in [2.45, 2.75) is 53.0 Å². The SMILES string of the molecule is CC(C)NC(=O)CCNCC(C)(C)CCCO. The largest absolute Gasteiger partial charge is 0.396 e. The van der Waals surface area contributed by atoms with E-state index in [9.17, 15) is 4.79 Å². The van der Waals surface area contributed by atoms with Gasteiger partial charge in [0.15, 0.2) is 0 Å². The van der Waals surface area contributed by atoms with Crippen LogP contribution in [0.25, 0.3) is 0 Å². The van der Waals surface area contributed by atoms with E-state index in [4.69, 9.17) is 5.11 Å². The molecule has 0 aliphatic rings. The number of amides is 1. The number of nitrogens with one attached hydrogen (secondary N) is 2. The van der Waals surface area contributed by atoms with Crippen LogP contribution >= 0.6 is 0 Å². The number of aliphatic hydroxyl groups excluding tert-OH is 1. The monoisotopic (exact) mass is 244 g/mol.